The van der Waals surface area contributed by atoms with Crippen molar-refractivity contribution in [2.45, 2.75) is 6.73 Å². The summed E-state index contributed by atoms with van der Waals surface area (Å²) in [5, 5.41) is 8.65. The number of aliphatic hydroxyl groups excluding tert-OH is 1. The van der Waals surface area contributed by atoms with Crippen LogP contribution in [0.1, 0.15) is 0 Å². The normalized spacial score (nSPS) is 10.2. The zero-order chi connectivity index (χ0) is 11.3. The number of nitrogens with zero attached hydrogens (tertiary/aromatic N) is 2. The Labute approximate surface area is 86.6 Å². The lowest BCUT2D eigenvalue weighted by Crippen LogP contribution is -2.24. The molecule has 82 valence electrons. The highest BCUT2D eigenvalue weighted by molar-refractivity contribution is 5.23. The van der Waals surface area contributed by atoms with E-state index < -0.39 is 5.69 Å². The maximum atomic E-state index is 11.2. The van der Waals surface area contributed by atoms with Gasteiger partial charge in [-0.2, -0.15) is 4.98 Å². The van der Waals surface area contributed by atoms with Gasteiger partial charge in [0.1, 0.15) is 12.5 Å². The van der Waals surface area contributed by atoms with Gasteiger partial charge in [0.2, 0.25) is 0 Å². The topological polar surface area (TPSA) is 90.4 Å². The van der Waals surface area contributed by atoms with Crippen LogP contribution in [-0.2, 0) is 11.5 Å². The predicted octanol–water partition coefficient (Wildman–Crippen LogP) is -0.652. The van der Waals surface area contributed by atoms with E-state index in [2.05, 4.69) is 11.6 Å². The monoisotopic (exact) mass is 211 g/mol. The van der Waals surface area contributed by atoms with Gasteiger partial charge in [-0.05, 0) is 11.6 Å². The summed E-state index contributed by atoms with van der Waals surface area (Å²) in [6.45, 7) is 3.68. The Morgan fingerprint density at radius 2 is 2.47 bits per heavy atom. The summed E-state index contributed by atoms with van der Waals surface area (Å²) in [5.74, 6) is 0.177. The molecule has 0 aliphatic carbocycles. The number of ether oxygens (including phenoxy) is 1. The largest absolute Gasteiger partial charge is 0.392 e. The van der Waals surface area contributed by atoms with Crippen LogP contribution in [0.25, 0.3) is 0 Å². The van der Waals surface area contributed by atoms with E-state index in [-0.39, 0.29) is 25.8 Å². The first-order chi connectivity index (χ1) is 7.13. The van der Waals surface area contributed by atoms with Crippen molar-refractivity contribution in [1.29, 1.82) is 0 Å². The summed E-state index contributed by atoms with van der Waals surface area (Å²) in [6, 6.07) is 1.51. The van der Waals surface area contributed by atoms with Crippen molar-refractivity contribution in [3.63, 3.8) is 0 Å². The SMILES string of the molecule is C=C(CO)COCn1ccc(N)nc1=O. The van der Waals surface area contributed by atoms with Crippen LogP contribution < -0.4 is 11.4 Å². The zero-order valence-electron chi connectivity index (χ0n) is 8.22. The molecule has 0 saturated carbocycles. The lowest BCUT2D eigenvalue weighted by atomic mass is 10.4. The zero-order valence-corrected chi connectivity index (χ0v) is 8.22. The Balaban J connectivity index is 2.51. The molecule has 1 rings (SSSR count). The highest BCUT2D eigenvalue weighted by Gasteiger charge is 1.98. The molecular weight excluding hydrogens is 198 g/mol. The van der Waals surface area contributed by atoms with Crippen molar-refractivity contribution in [2.24, 2.45) is 0 Å². The Morgan fingerprint density at radius 1 is 1.73 bits per heavy atom. The molecule has 3 N–H and O–H groups in total. The Bertz CT molecular complexity index is 400. The summed E-state index contributed by atoms with van der Waals surface area (Å²) in [7, 11) is 0. The minimum Gasteiger partial charge on any atom is -0.392 e. The van der Waals surface area contributed by atoms with Gasteiger partial charge in [0.15, 0.2) is 0 Å². The van der Waals surface area contributed by atoms with Crippen LogP contribution in [0.4, 0.5) is 5.82 Å². The molecule has 0 radical (unpaired) electrons. The molecule has 1 aromatic heterocycles. The summed E-state index contributed by atoms with van der Waals surface area (Å²) >= 11 is 0. The van der Waals surface area contributed by atoms with Gasteiger partial charge >= 0.3 is 5.69 Å². The molecule has 6 heteroatoms. The van der Waals surface area contributed by atoms with Crippen molar-refractivity contribution < 1.29 is 9.84 Å². The first-order valence-electron chi connectivity index (χ1n) is 4.31. The average Bonchev–Trinajstić information content (AvgIpc) is 2.21. The van der Waals surface area contributed by atoms with Gasteiger partial charge in [0, 0.05) is 6.20 Å². The molecule has 0 aliphatic rings. The van der Waals surface area contributed by atoms with Crippen LogP contribution in [0.15, 0.2) is 29.2 Å². The fourth-order valence-corrected chi connectivity index (χ4v) is 0.874. The number of hydrogen-bond acceptors (Lipinski definition) is 5. The third-order valence-electron chi connectivity index (χ3n) is 1.66. The van der Waals surface area contributed by atoms with Gasteiger partial charge in [0.05, 0.1) is 13.2 Å². The van der Waals surface area contributed by atoms with Crippen LogP contribution in [0.5, 0.6) is 0 Å². The minimum absolute atomic E-state index is 0.0606. The van der Waals surface area contributed by atoms with Crippen molar-refractivity contribution >= 4 is 5.82 Å². The molecule has 15 heavy (non-hydrogen) atoms. The Kier molecular flexibility index (Phi) is 4.02. The lowest BCUT2D eigenvalue weighted by molar-refractivity contribution is 0.0864. The summed E-state index contributed by atoms with van der Waals surface area (Å²) in [4.78, 5) is 14.7. The summed E-state index contributed by atoms with van der Waals surface area (Å²) in [5.41, 5.74) is 5.39. The second kappa shape index (κ2) is 5.28. The highest BCUT2D eigenvalue weighted by atomic mass is 16.5. The van der Waals surface area contributed by atoms with E-state index in [0.29, 0.717) is 5.57 Å². The molecule has 0 unspecified atom stereocenters. The fraction of sp³-hybridized carbons (Fsp3) is 0.333. The van der Waals surface area contributed by atoms with Crippen molar-refractivity contribution in [3.05, 3.63) is 34.9 Å². The van der Waals surface area contributed by atoms with E-state index >= 15 is 0 Å². The van der Waals surface area contributed by atoms with E-state index in [4.69, 9.17) is 15.6 Å². The molecule has 0 saturated heterocycles. The van der Waals surface area contributed by atoms with Crippen LogP contribution in [0, 0.1) is 0 Å². The number of hydrogen-bond donors (Lipinski definition) is 2. The number of nitrogen functional groups attached to an aromatic ring is 1. The molecule has 1 heterocycles. The smallest absolute Gasteiger partial charge is 0.351 e. The Morgan fingerprint density at radius 3 is 3.07 bits per heavy atom. The summed E-state index contributed by atoms with van der Waals surface area (Å²) < 4.78 is 6.38. The molecule has 0 amide bonds. The van der Waals surface area contributed by atoms with E-state index in [1.807, 2.05) is 0 Å². The quantitative estimate of drug-likeness (QED) is 0.631. The second-order valence-electron chi connectivity index (χ2n) is 2.99. The van der Waals surface area contributed by atoms with Crippen molar-refractivity contribution in [1.82, 2.24) is 9.55 Å². The maximum absolute atomic E-state index is 11.2. The lowest BCUT2D eigenvalue weighted by Gasteiger charge is -2.06. The average molecular weight is 211 g/mol. The highest BCUT2D eigenvalue weighted by Crippen LogP contribution is 1.93. The first-order valence-corrected chi connectivity index (χ1v) is 4.31. The molecule has 0 atom stereocenters. The van der Waals surface area contributed by atoms with Crippen LogP contribution in [0.2, 0.25) is 0 Å². The number of nitrogens with two attached hydrogens (primary N) is 1. The maximum Gasteiger partial charge on any atom is 0.351 e. The predicted molar refractivity (Wildman–Crippen MR) is 55.1 cm³/mol. The third-order valence-corrected chi connectivity index (χ3v) is 1.66. The van der Waals surface area contributed by atoms with Crippen LogP contribution in [-0.4, -0.2) is 27.9 Å². The van der Waals surface area contributed by atoms with Crippen LogP contribution in [0.3, 0.4) is 0 Å². The number of anilines is 1. The molecule has 0 bridgehead atoms. The van der Waals surface area contributed by atoms with Gasteiger partial charge in [-0.1, -0.05) is 6.58 Å². The van der Waals surface area contributed by atoms with Crippen LogP contribution >= 0.6 is 0 Å². The molecule has 0 aromatic carbocycles. The molecule has 0 spiro atoms. The van der Waals surface area contributed by atoms with E-state index in [0.717, 1.165) is 0 Å². The van der Waals surface area contributed by atoms with Gasteiger partial charge < -0.3 is 15.6 Å². The van der Waals surface area contributed by atoms with Gasteiger partial charge in [0.25, 0.3) is 0 Å². The number of aliphatic hydroxyl groups is 1. The van der Waals surface area contributed by atoms with E-state index in [1.54, 1.807) is 0 Å². The van der Waals surface area contributed by atoms with Crippen molar-refractivity contribution in [2.75, 3.05) is 18.9 Å². The summed E-state index contributed by atoms with van der Waals surface area (Å²) in [6.07, 6.45) is 1.49. The molecule has 0 fully saturated rings. The fourth-order valence-electron chi connectivity index (χ4n) is 0.874. The van der Waals surface area contributed by atoms with Gasteiger partial charge in [-0.3, -0.25) is 4.57 Å². The van der Waals surface area contributed by atoms with Gasteiger partial charge in [-0.15, -0.1) is 0 Å². The molecule has 0 aliphatic heterocycles. The minimum atomic E-state index is -0.468. The first kappa shape index (κ1) is 11.4. The number of rotatable bonds is 5. The third kappa shape index (κ3) is 3.53. The molecule has 6 nitrogen and oxygen atoms in total. The van der Waals surface area contributed by atoms with E-state index in [1.165, 1.54) is 16.8 Å². The number of aromatic nitrogens is 2. The Hall–Kier alpha value is -1.66. The molecule has 1 aromatic rings. The van der Waals surface area contributed by atoms with E-state index in [9.17, 15) is 4.79 Å². The van der Waals surface area contributed by atoms with Gasteiger partial charge in [-0.25, -0.2) is 4.79 Å². The van der Waals surface area contributed by atoms with Crippen molar-refractivity contribution in [3.8, 4) is 0 Å². The standard InChI is InChI=1S/C9H13N3O3/c1-7(4-13)5-15-6-12-3-2-8(10)11-9(12)14/h2-3,13H,1,4-6H2,(H2,10,11,14). The second-order valence-corrected chi connectivity index (χ2v) is 2.99. The molecular formula is C9H13N3O3.